The van der Waals surface area contributed by atoms with E-state index in [-0.39, 0.29) is 104 Å². The highest BCUT2D eigenvalue weighted by Gasteiger charge is 2.54. The van der Waals surface area contributed by atoms with E-state index in [9.17, 15) is 0 Å². The molecule has 0 saturated carbocycles. The Kier molecular flexibility index (Phi) is 91.9. The summed E-state index contributed by atoms with van der Waals surface area (Å²) in [6, 6.07) is 68.1. The Morgan fingerprint density at radius 2 is 0.328 bits per heavy atom. The van der Waals surface area contributed by atoms with E-state index in [0.29, 0.717) is 0 Å². The highest BCUT2D eigenvalue weighted by molar-refractivity contribution is 7.04. The molecule has 131 heavy (non-hydrogen) atoms. The van der Waals surface area contributed by atoms with Gasteiger partial charge in [0.1, 0.15) is 0 Å². The number of unbranched alkanes of at least 4 members (excludes halogenated alkanes) is 4. The topological polar surface area (TPSA) is 129 Å². The summed E-state index contributed by atoms with van der Waals surface area (Å²) in [5, 5.41) is 6.85. The van der Waals surface area contributed by atoms with E-state index in [2.05, 4.69) is 381 Å². The minimum atomic E-state index is -3.09. The Morgan fingerprint density at radius 3 is 0.527 bits per heavy atom. The van der Waals surface area contributed by atoms with Gasteiger partial charge in [-0.15, -0.1) is 0 Å². The molecule has 0 saturated heterocycles. The Labute approximate surface area is 849 Å². The molecule has 2 unspecified atom stereocenters. The Balaban J connectivity index is -0.000000120. The van der Waals surface area contributed by atoms with E-state index in [4.69, 9.17) is 57.6 Å². The zero-order valence-electron chi connectivity index (χ0n) is 80.4. The second kappa shape index (κ2) is 76.1. The quantitative estimate of drug-likeness (QED) is 0.0265. The SMILES string of the molecule is C.C.C.C.C.C.C.C.C.C.C.C.C.C.C[SiH](C)O[Si](C)(C)CCCCCC[Si](C)(C)O[SiH](C)C.C[SiH](C)O[Si](C)(C)CCCC[Si](C)(C)O[SiH](C)C.C[SiH](C)O[Si](C)(C)O[Si](C)(O[SiH](C)C)c1ccccc1.C[SiH](C)O[Si](C)(C)O[Si](C)(O[Si](O[SiH](C)C)(c1ccccc1)c1ccccc1)c1ccccc1.C[SiH](C)O[Si](C)(C)O[Si](O[SiH](C)C)(c1ccccc1)c1ccccc1. The van der Waals surface area contributed by atoms with Crippen LogP contribution in [0.2, 0.25) is 260 Å². The Hall–Kier alpha value is -0.685. The van der Waals surface area contributed by atoms with E-state index in [1.807, 2.05) is 36.4 Å². The van der Waals surface area contributed by atoms with Crippen LogP contribution in [0.15, 0.2) is 182 Å². The van der Waals surface area contributed by atoms with Gasteiger partial charge in [-0.25, -0.2) is 0 Å². The fourth-order valence-corrected chi connectivity index (χ4v) is 91.9. The van der Waals surface area contributed by atoms with Crippen LogP contribution in [0.5, 0.6) is 0 Å². The monoisotopic (exact) mass is 2190 g/mol. The molecule has 0 radical (unpaired) electrons. The van der Waals surface area contributed by atoms with Gasteiger partial charge < -0.3 is 57.6 Å². The second-order valence-electron chi connectivity index (χ2n) is 37.8. The van der Waals surface area contributed by atoms with Gasteiger partial charge in [-0.1, -0.05) is 324 Å². The van der Waals surface area contributed by atoms with Crippen LogP contribution in [0.3, 0.4) is 0 Å². The van der Waals surface area contributed by atoms with E-state index in [0.717, 1.165) is 25.9 Å². The average Bonchev–Trinajstić information content (AvgIpc) is 0.746. The molecule has 6 aromatic rings. The molecule has 0 spiro atoms. The molecule has 35 heteroatoms. The number of hydrogen-bond donors (Lipinski definition) is 0. The van der Waals surface area contributed by atoms with Crippen LogP contribution in [-0.4, -0.2) is 184 Å². The molecule has 0 aromatic heterocycles. The minimum Gasteiger partial charge on any atom is -0.458 e. The normalized spacial score (nSPS) is 12.5. The van der Waals surface area contributed by atoms with E-state index in [1.165, 1.54) is 67.9 Å². The highest BCUT2D eigenvalue weighted by atomic mass is 28.5. The van der Waals surface area contributed by atoms with Crippen LogP contribution in [0.25, 0.3) is 0 Å². The first kappa shape index (κ1) is 158. The molecule has 776 valence electrons. The maximum Gasteiger partial charge on any atom is 0.388 e. The average molecular weight is 2190 g/mol. The third-order valence-electron chi connectivity index (χ3n) is 18.0. The summed E-state index contributed by atoms with van der Waals surface area (Å²) < 4.78 is 91.9. The molecule has 0 bridgehead atoms. The van der Waals surface area contributed by atoms with Crippen LogP contribution >= 0.6 is 0 Å². The lowest BCUT2D eigenvalue weighted by Gasteiger charge is -2.43. The van der Waals surface area contributed by atoms with Gasteiger partial charge in [-0.05, 0) is 291 Å². The van der Waals surface area contributed by atoms with Gasteiger partial charge >= 0.3 is 59.9 Å². The van der Waals surface area contributed by atoms with Crippen LogP contribution in [0.4, 0.5) is 0 Å². The summed E-state index contributed by atoms with van der Waals surface area (Å²) in [5.41, 5.74) is 0. The second-order valence-corrected chi connectivity index (χ2v) is 106. The van der Waals surface area contributed by atoms with Crippen LogP contribution in [0.1, 0.15) is 142 Å². The van der Waals surface area contributed by atoms with Gasteiger partial charge in [0.25, 0.3) is 0 Å². The summed E-state index contributed by atoms with van der Waals surface area (Å²) in [5.74, 6) is 0. The van der Waals surface area contributed by atoms with Crippen molar-refractivity contribution in [2.24, 2.45) is 0 Å². The maximum absolute atomic E-state index is 7.45. The summed E-state index contributed by atoms with van der Waals surface area (Å²) in [6.07, 6.45) is 8.15. The molecule has 2 atom stereocenters. The smallest absolute Gasteiger partial charge is 0.388 e. The van der Waals surface area contributed by atoms with Crippen molar-refractivity contribution >= 4 is 215 Å². The molecule has 14 nitrogen and oxygen atoms in total. The summed E-state index contributed by atoms with van der Waals surface area (Å²) >= 11 is 0. The zero-order valence-corrected chi connectivity index (χ0v) is 103. The van der Waals surface area contributed by atoms with Gasteiger partial charge in [0.2, 0.25) is 0 Å². The first-order chi connectivity index (χ1) is 54.0. The van der Waals surface area contributed by atoms with Crippen molar-refractivity contribution in [1.82, 2.24) is 0 Å². The van der Waals surface area contributed by atoms with Crippen molar-refractivity contribution in [2.45, 2.75) is 402 Å². The fraction of sp³-hybridized carbons (Fsp3) is 0.625. The van der Waals surface area contributed by atoms with Crippen LogP contribution < -0.4 is 31.1 Å². The van der Waals surface area contributed by atoms with Gasteiger partial charge in [-0.3, -0.25) is 0 Å². The van der Waals surface area contributed by atoms with Crippen LogP contribution in [-0.2, 0) is 57.6 Å². The van der Waals surface area contributed by atoms with Crippen molar-refractivity contribution < 1.29 is 57.6 Å². The fourth-order valence-electron chi connectivity index (χ4n) is 15.1. The van der Waals surface area contributed by atoms with Crippen molar-refractivity contribution in [3.8, 4) is 0 Å². The van der Waals surface area contributed by atoms with Crippen molar-refractivity contribution in [2.75, 3.05) is 0 Å². The third kappa shape index (κ3) is 66.7. The number of hydrogen-bond acceptors (Lipinski definition) is 14. The molecule has 6 rings (SSSR count). The molecule has 0 amide bonds. The maximum atomic E-state index is 7.45. The van der Waals surface area contributed by atoms with Crippen LogP contribution in [0, 0.1) is 0 Å². The third-order valence-corrected chi connectivity index (χ3v) is 84.6. The van der Waals surface area contributed by atoms with E-state index in [1.54, 1.807) is 0 Å². The van der Waals surface area contributed by atoms with Crippen molar-refractivity contribution in [3.63, 3.8) is 0 Å². The lowest BCUT2D eigenvalue weighted by atomic mass is 10.2. The lowest BCUT2D eigenvalue weighted by molar-refractivity contribution is 0.317. The van der Waals surface area contributed by atoms with Crippen molar-refractivity contribution in [3.05, 3.63) is 182 Å². The van der Waals surface area contributed by atoms with Gasteiger partial charge in [0.05, 0.1) is 0 Å². The molecule has 6 aromatic carbocycles. The Bertz CT molecular complexity index is 3450. The van der Waals surface area contributed by atoms with Gasteiger partial charge in [-0.2, -0.15) is 0 Å². The summed E-state index contributed by atoms with van der Waals surface area (Å²) in [4.78, 5) is 0. The largest absolute Gasteiger partial charge is 0.458 e. The number of rotatable bonds is 46. The molecule has 0 aliphatic heterocycles. The molecule has 0 aliphatic rings. The first-order valence-electron chi connectivity index (χ1n) is 44.0. The van der Waals surface area contributed by atoms with Crippen molar-refractivity contribution in [1.29, 1.82) is 0 Å². The summed E-state index contributed by atoms with van der Waals surface area (Å²) in [6.45, 7) is 81.0. The van der Waals surface area contributed by atoms with Gasteiger partial charge in [0.15, 0.2) is 124 Å². The predicted octanol–water partition coefficient (Wildman–Crippen LogP) is 27.6. The molecular weight excluding hydrogens is 1970 g/mol. The Morgan fingerprint density at radius 1 is 0.168 bits per heavy atom. The molecular formula is C96H224O14Si21. The predicted molar refractivity (Wildman–Crippen MR) is 659 cm³/mol. The minimum absolute atomic E-state index is 0. The molecule has 0 aliphatic carbocycles. The standard InChI is InChI=1S/C25H38O4Si5.C18H30O3Si4.C14H38O2Si4.C13H28O3Si4.C12H34O2Si4.14CH4/c1-30(2)26-32(5,6)28-33(7,23-17-11-8-12-18-23)29-34(27-31(3)4,24-19-13-9-14-20-24)25-21-15-10-16-22-25;1-22(2)19-24(5,6)21-25(20-23(3)4,17-13-9-7-10-14-17)18-15-11-8-12-16-18;1-17(2)15-19(5,6)13-11-9-10-12-14-20(7,8)16-18(3)4;1-17(2)14-19(5,6)16-20(7,15-18(3)4)13-11-9-8-10-12-13;1-15(2)13-17(5,6)11-9-10-12-18(7,8)14-16(3)4;;;;;;;;;;;;;;/h8-22,30-31H,1-7H3;7-16,22-23H,1-6H3;17-18H,9-14H2,1-8H3;8-12,17-18H,1-7H3;15-16H,9-12H2,1-8H3;14*1H4. The lowest BCUT2D eigenvalue weighted by Crippen LogP contribution is -2.73. The van der Waals surface area contributed by atoms with E-state index >= 15 is 0 Å². The summed E-state index contributed by atoms with van der Waals surface area (Å²) in [7, 11) is -34.5. The first-order valence-corrected chi connectivity index (χ1v) is 101. The molecule has 0 fully saturated rings. The van der Waals surface area contributed by atoms with Gasteiger partial charge in [0, 0.05) is 0 Å². The number of benzene rings is 6. The van der Waals surface area contributed by atoms with E-state index < -0.39 is 184 Å². The molecule has 0 heterocycles. The highest BCUT2D eigenvalue weighted by Crippen LogP contribution is 2.28. The molecule has 0 N–H and O–H groups in total. The zero-order chi connectivity index (χ0) is 88.9.